The van der Waals surface area contributed by atoms with Gasteiger partial charge in [-0.1, -0.05) is 11.6 Å². The van der Waals surface area contributed by atoms with Crippen LogP contribution in [0.5, 0.6) is 11.5 Å². The maximum absolute atomic E-state index is 12.8. The zero-order valence-electron chi connectivity index (χ0n) is 16.7. The molecule has 0 saturated carbocycles. The Morgan fingerprint density at radius 3 is 2.78 bits per heavy atom. The third kappa shape index (κ3) is 4.56. The van der Waals surface area contributed by atoms with E-state index in [-0.39, 0.29) is 46.9 Å². The molecule has 10 nitrogen and oxygen atoms in total. The maximum atomic E-state index is 12.8. The molecule has 0 spiro atoms. The number of amides is 3. The zero-order chi connectivity index (χ0) is 23.4. The fourth-order valence-corrected chi connectivity index (χ4v) is 3.47. The second kappa shape index (κ2) is 9.76. The highest BCUT2D eigenvalue weighted by Gasteiger charge is 2.34. The van der Waals surface area contributed by atoms with Crippen LogP contribution in [0.15, 0.2) is 32.8 Å². The summed E-state index contributed by atoms with van der Waals surface area (Å²) in [6.07, 6.45) is 1.41. The molecule has 3 rings (SSSR count). The summed E-state index contributed by atoms with van der Waals surface area (Å²) in [6, 6.07) is 5.56. The SMILES string of the molecule is COC(=O)c1ccc(CN2C(=O)N/C(=C\c3cc(OC)c(OCC#N)c(Cl)c3Br)C2=O)o1. The number of hydrogen-bond donors (Lipinski definition) is 1. The number of nitrogens with one attached hydrogen (secondary N) is 1. The van der Waals surface area contributed by atoms with E-state index in [0.29, 0.717) is 10.0 Å². The minimum atomic E-state index is -0.674. The molecular formula is C20H15BrClN3O7. The van der Waals surface area contributed by atoms with Gasteiger partial charge in [0.1, 0.15) is 22.5 Å². The van der Waals surface area contributed by atoms with Crippen LogP contribution < -0.4 is 14.8 Å². The summed E-state index contributed by atoms with van der Waals surface area (Å²) in [4.78, 5) is 37.5. The molecule has 1 N–H and O–H groups in total. The van der Waals surface area contributed by atoms with Crippen LogP contribution in [-0.2, 0) is 16.1 Å². The van der Waals surface area contributed by atoms with Gasteiger partial charge in [-0.2, -0.15) is 5.26 Å². The molecule has 0 radical (unpaired) electrons. The van der Waals surface area contributed by atoms with E-state index >= 15 is 0 Å². The van der Waals surface area contributed by atoms with Crippen molar-refractivity contribution in [3.8, 4) is 17.6 Å². The Bertz CT molecular complexity index is 1170. The first-order chi connectivity index (χ1) is 15.3. The lowest BCUT2D eigenvalue weighted by atomic mass is 10.1. The first-order valence-corrected chi connectivity index (χ1v) is 10.0. The van der Waals surface area contributed by atoms with Gasteiger partial charge in [0.05, 0.1) is 20.8 Å². The second-order valence-corrected chi connectivity index (χ2v) is 7.38. The molecule has 2 heterocycles. The van der Waals surface area contributed by atoms with E-state index in [4.69, 9.17) is 30.8 Å². The van der Waals surface area contributed by atoms with E-state index in [2.05, 4.69) is 26.0 Å². The lowest BCUT2D eigenvalue weighted by Crippen LogP contribution is -2.30. The molecule has 1 aliphatic heterocycles. The molecule has 0 atom stereocenters. The van der Waals surface area contributed by atoms with Gasteiger partial charge in [-0.3, -0.25) is 9.69 Å². The summed E-state index contributed by atoms with van der Waals surface area (Å²) in [7, 11) is 2.60. The van der Waals surface area contributed by atoms with E-state index in [9.17, 15) is 14.4 Å². The molecule has 1 aliphatic rings. The number of hydrogen-bond acceptors (Lipinski definition) is 8. The summed E-state index contributed by atoms with van der Waals surface area (Å²) in [5.41, 5.74) is 0.409. The number of methoxy groups -OCH3 is 2. The van der Waals surface area contributed by atoms with Crippen molar-refractivity contribution in [2.45, 2.75) is 6.54 Å². The van der Waals surface area contributed by atoms with E-state index < -0.39 is 17.9 Å². The van der Waals surface area contributed by atoms with Crippen molar-refractivity contribution in [2.75, 3.05) is 20.8 Å². The number of carbonyl (C=O) groups is 3. The van der Waals surface area contributed by atoms with Crippen LogP contribution in [0.4, 0.5) is 4.79 Å². The summed E-state index contributed by atoms with van der Waals surface area (Å²) >= 11 is 9.65. The number of rotatable bonds is 7. The van der Waals surface area contributed by atoms with Crippen LogP contribution in [0.1, 0.15) is 21.9 Å². The minimum Gasteiger partial charge on any atom is -0.493 e. The van der Waals surface area contributed by atoms with Crippen LogP contribution in [0, 0.1) is 11.3 Å². The van der Waals surface area contributed by atoms with E-state index in [1.807, 2.05) is 6.07 Å². The van der Waals surface area contributed by atoms with Crippen molar-refractivity contribution in [2.24, 2.45) is 0 Å². The van der Waals surface area contributed by atoms with Gasteiger partial charge in [-0.05, 0) is 45.8 Å². The number of furan rings is 1. The number of carbonyl (C=O) groups excluding carboxylic acids is 3. The van der Waals surface area contributed by atoms with Crippen LogP contribution in [0.3, 0.4) is 0 Å². The van der Waals surface area contributed by atoms with Gasteiger partial charge in [-0.25, -0.2) is 9.59 Å². The Morgan fingerprint density at radius 1 is 1.38 bits per heavy atom. The average Bonchev–Trinajstić information content (AvgIpc) is 3.36. The second-order valence-electron chi connectivity index (χ2n) is 6.21. The Morgan fingerprint density at radius 2 is 2.12 bits per heavy atom. The zero-order valence-corrected chi connectivity index (χ0v) is 19.1. The van der Waals surface area contributed by atoms with Crippen molar-refractivity contribution in [1.82, 2.24) is 10.2 Å². The molecule has 0 bridgehead atoms. The molecule has 166 valence electrons. The molecule has 1 aromatic heterocycles. The maximum Gasteiger partial charge on any atom is 0.373 e. The van der Waals surface area contributed by atoms with Gasteiger partial charge >= 0.3 is 12.0 Å². The molecule has 0 unspecified atom stereocenters. The Balaban J connectivity index is 1.87. The monoisotopic (exact) mass is 523 g/mol. The number of urea groups is 1. The topological polar surface area (TPSA) is 131 Å². The third-order valence-corrected chi connectivity index (χ3v) is 5.72. The number of halogens is 2. The third-order valence-electron chi connectivity index (χ3n) is 4.28. The number of nitrogens with zero attached hydrogens (tertiary/aromatic N) is 2. The Kier molecular flexibility index (Phi) is 7.07. The van der Waals surface area contributed by atoms with Crippen LogP contribution >= 0.6 is 27.5 Å². The Hall–Kier alpha value is -3.49. The van der Waals surface area contributed by atoms with Crippen molar-refractivity contribution in [1.29, 1.82) is 5.26 Å². The van der Waals surface area contributed by atoms with Crippen molar-refractivity contribution in [3.63, 3.8) is 0 Å². The predicted molar refractivity (Wildman–Crippen MR) is 114 cm³/mol. The average molecular weight is 525 g/mol. The quantitative estimate of drug-likeness (QED) is 0.331. The molecule has 0 aliphatic carbocycles. The van der Waals surface area contributed by atoms with Crippen molar-refractivity contribution >= 4 is 51.5 Å². The summed E-state index contributed by atoms with van der Waals surface area (Å²) < 4.78 is 20.8. The lowest BCUT2D eigenvalue weighted by Gasteiger charge is -2.13. The number of nitriles is 1. The van der Waals surface area contributed by atoms with Crippen molar-refractivity contribution < 1.29 is 33.0 Å². The van der Waals surface area contributed by atoms with Gasteiger partial charge in [0.2, 0.25) is 5.76 Å². The molecule has 2 aromatic rings. The normalized spacial score (nSPS) is 14.3. The number of ether oxygens (including phenoxy) is 3. The van der Waals surface area contributed by atoms with Gasteiger partial charge in [0.15, 0.2) is 18.1 Å². The fraction of sp³-hybridized carbons (Fsp3) is 0.200. The molecule has 12 heteroatoms. The van der Waals surface area contributed by atoms with E-state index in [0.717, 1.165) is 4.90 Å². The molecule has 1 aromatic carbocycles. The first-order valence-electron chi connectivity index (χ1n) is 8.88. The number of benzene rings is 1. The number of imide groups is 1. The largest absolute Gasteiger partial charge is 0.493 e. The first kappa shape index (κ1) is 23.2. The van der Waals surface area contributed by atoms with E-state index in [1.54, 1.807) is 0 Å². The highest BCUT2D eigenvalue weighted by Crippen LogP contribution is 2.43. The van der Waals surface area contributed by atoms with Crippen LogP contribution in [0.25, 0.3) is 6.08 Å². The predicted octanol–water partition coefficient (Wildman–Crippen LogP) is 3.49. The van der Waals surface area contributed by atoms with Gasteiger partial charge in [0, 0.05) is 4.47 Å². The number of esters is 1. The van der Waals surface area contributed by atoms with Gasteiger partial charge in [0.25, 0.3) is 5.91 Å². The van der Waals surface area contributed by atoms with Gasteiger partial charge in [-0.15, -0.1) is 0 Å². The molecule has 1 fully saturated rings. The smallest absolute Gasteiger partial charge is 0.373 e. The highest BCUT2D eigenvalue weighted by molar-refractivity contribution is 9.10. The summed E-state index contributed by atoms with van der Waals surface area (Å²) in [5, 5.41) is 11.3. The summed E-state index contributed by atoms with van der Waals surface area (Å²) in [5.74, 6) is -0.716. The van der Waals surface area contributed by atoms with Crippen LogP contribution in [0.2, 0.25) is 5.02 Å². The summed E-state index contributed by atoms with van der Waals surface area (Å²) in [6.45, 7) is -0.428. The minimum absolute atomic E-state index is 0.0146. The van der Waals surface area contributed by atoms with E-state index in [1.165, 1.54) is 38.5 Å². The van der Waals surface area contributed by atoms with Crippen LogP contribution in [-0.4, -0.2) is 43.6 Å². The Labute approximate surface area is 195 Å². The fourth-order valence-electron chi connectivity index (χ4n) is 2.80. The molecule has 1 saturated heterocycles. The standard InChI is InChI=1S/C20H15BrClN3O7/c1-29-14-8-10(15(21)16(22)17(14)31-6-5-23)7-12-18(26)25(20(28)24-12)9-11-3-4-13(32-11)19(27)30-2/h3-4,7-8H,6,9H2,1-2H3,(H,24,28)/b12-7-. The molecule has 32 heavy (non-hydrogen) atoms. The molecular weight excluding hydrogens is 510 g/mol. The van der Waals surface area contributed by atoms with Crippen molar-refractivity contribution in [3.05, 3.63) is 50.5 Å². The molecule has 3 amide bonds. The van der Waals surface area contributed by atoms with Gasteiger partial charge < -0.3 is 23.9 Å². The highest BCUT2D eigenvalue weighted by atomic mass is 79.9. The lowest BCUT2D eigenvalue weighted by molar-refractivity contribution is -0.123.